The first-order chi connectivity index (χ1) is 9.52. The number of anilines is 1. The number of rotatable bonds is 5. The van der Waals surface area contributed by atoms with E-state index in [1.807, 2.05) is 0 Å². The SMILES string of the molecule is NC(=O)OC1CC(NCC(=O)Nc2cccc(Br)n2)C1. The van der Waals surface area contributed by atoms with E-state index < -0.39 is 6.09 Å². The predicted octanol–water partition coefficient (Wildman–Crippen LogP) is 0.998. The molecule has 4 N–H and O–H groups in total. The molecule has 0 aliphatic heterocycles. The maximum Gasteiger partial charge on any atom is 0.404 e. The molecule has 108 valence electrons. The molecule has 7 nitrogen and oxygen atoms in total. The lowest BCUT2D eigenvalue weighted by Gasteiger charge is -2.34. The Morgan fingerprint density at radius 2 is 2.20 bits per heavy atom. The standard InChI is InChI=1S/C12H15BrN4O3/c13-9-2-1-3-10(16-9)17-11(18)6-15-7-4-8(5-7)20-12(14)19/h1-3,7-8,15H,4-6H2,(H2,14,19)(H,16,17,18). The molecule has 0 bridgehead atoms. The molecule has 0 radical (unpaired) electrons. The van der Waals surface area contributed by atoms with Crippen molar-refractivity contribution in [3.8, 4) is 0 Å². The number of pyridine rings is 1. The first-order valence-electron chi connectivity index (χ1n) is 6.15. The first kappa shape index (κ1) is 14.7. The van der Waals surface area contributed by atoms with Crippen molar-refractivity contribution in [1.29, 1.82) is 0 Å². The van der Waals surface area contributed by atoms with Crippen molar-refractivity contribution in [3.63, 3.8) is 0 Å². The number of carbonyl (C=O) groups is 2. The Labute approximate surface area is 124 Å². The summed E-state index contributed by atoms with van der Waals surface area (Å²) in [4.78, 5) is 26.3. The molecule has 0 spiro atoms. The fourth-order valence-corrected chi connectivity index (χ4v) is 2.24. The van der Waals surface area contributed by atoms with Crippen LogP contribution in [0.5, 0.6) is 0 Å². The number of nitrogens with one attached hydrogen (secondary N) is 2. The summed E-state index contributed by atoms with van der Waals surface area (Å²) in [6, 6.07) is 5.45. The number of hydrogen-bond donors (Lipinski definition) is 3. The molecule has 1 aromatic heterocycles. The molecule has 1 aromatic rings. The van der Waals surface area contributed by atoms with E-state index in [0.29, 0.717) is 23.3 Å². The van der Waals surface area contributed by atoms with Gasteiger partial charge in [0.1, 0.15) is 16.5 Å². The lowest BCUT2D eigenvalue weighted by molar-refractivity contribution is -0.115. The number of ether oxygens (including phenoxy) is 1. The quantitative estimate of drug-likeness (QED) is 0.692. The third-order valence-electron chi connectivity index (χ3n) is 2.91. The highest BCUT2D eigenvalue weighted by Gasteiger charge is 2.31. The zero-order valence-electron chi connectivity index (χ0n) is 10.6. The number of aromatic nitrogens is 1. The summed E-state index contributed by atoms with van der Waals surface area (Å²) in [7, 11) is 0. The van der Waals surface area contributed by atoms with Gasteiger partial charge in [0.25, 0.3) is 0 Å². The molecule has 0 saturated heterocycles. The second-order valence-electron chi connectivity index (χ2n) is 4.50. The van der Waals surface area contributed by atoms with Crippen LogP contribution in [-0.2, 0) is 9.53 Å². The van der Waals surface area contributed by atoms with Crippen molar-refractivity contribution in [2.75, 3.05) is 11.9 Å². The third kappa shape index (κ3) is 4.46. The minimum Gasteiger partial charge on any atom is -0.446 e. The molecular weight excluding hydrogens is 328 g/mol. The van der Waals surface area contributed by atoms with Gasteiger partial charge in [0.05, 0.1) is 6.54 Å². The van der Waals surface area contributed by atoms with Crippen molar-refractivity contribution in [1.82, 2.24) is 10.3 Å². The maximum absolute atomic E-state index is 11.7. The molecule has 0 unspecified atom stereocenters. The van der Waals surface area contributed by atoms with Gasteiger partial charge in [-0.25, -0.2) is 9.78 Å². The number of amides is 2. The Morgan fingerprint density at radius 3 is 2.85 bits per heavy atom. The van der Waals surface area contributed by atoms with Gasteiger partial charge in [0.2, 0.25) is 5.91 Å². The predicted molar refractivity (Wildman–Crippen MR) is 76.0 cm³/mol. The van der Waals surface area contributed by atoms with Crippen LogP contribution in [0.1, 0.15) is 12.8 Å². The van der Waals surface area contributed by atoms with E-state index in [2.05, 4.69) is 31.5 Å². The fourth-order valence-electron chi connectivity index (χ4n) is 1.89. The Balaban J connectivity index is 1.65. The highest BCUT2D eigenvalue weighted by Crippen LogP contribution is 2.22. The van der Waals surface area contributed by atoms with Gasteiger partial charge in [-0.15, -0.1) is 0 Å². The number of carbonyl (C=O) groups excluding carboxylic acids is 2. The smallest absolute Gasteiger partial charge is 0.404 e. The van der Waals surface area contributed by atoms with Gasteiger partial charge in [-0.2, -0.15) is 0 Å². The molecule has 1 aliphatic rings. The zero-order chi connectivity index (χ0) is 14.5. The van der Waals surface area contributed by atoms with Gasteiger partial charge >= 0.3 is 6.09 Å². The molecule has 1 aliphatic carbocycles. The molecular formula is C12H15BrN4O3. The fraction of sp³-hybridized carbons (Fsp3) is 0.417. The highest BCUT2D eigenvalue weighted by atomic mass is 79.9. The van der Waals surface area contributed by atoms with Crippen LogP contribution in [-0.4, -0.2) is 35.7 Å². The number of primary amides is 1. The number of hydrogen-bond acceptors (Lipinski definition) is 5. The van der Waals surface area contributed by atoms with Crippen LogP contribution in [0, 0.1) is 0 Å². The van der Waals surface area contributed by atoms with Crippen molar-refractivity contribution >= 4 is 33.7 Å². The van der Waals surface area contributed by atoms with Gasteiger partial charge in [0.15, 0.2) is 0 Å². The number of nitrogens with two attached hydrogens (primary N) is 1. The van der Waals surface area contributed by atoms with Crippen LogP contribution >= 0.6 is 15.9 Å². The van der Waals surface area contributed by atoms with Crippen LogP contribution in [0.25, 0.3) is 0 Å². The topological polar surface area (TPSA) is 106 Å². The molecule has 20 heavy (non-hydrogen) atoms. The molecule has 2 amide bonds. The summed E-state index contributed by atoms with van der Waals surface area (Å²) in [5.74, 6) is 0.324. The van der Waals surface area contributed by atoms with Gasteiger partial charge < -0.3 is 21.1 Å². The molecule has 2 rings (SSSR count). The summed E-state index contributed by atoms with van der Waals surface area (Å²) in [6.45, 7) is 0.183. The van der Waals surface area contributed by atoms with E-state index in [0.717, 1.165) is 0 Å². The number of nitrogens with zero attached hydrogens (tertiary/aromatic N) is 1. The van der Waals surface area contributed by atoms with E-state index in [1.54, 1.807) is 18.2 Å². The summed E-state index contributed by atoms with van der Waals surface area (Å²) >= 11 is 3.23. The molecule has 1 fully saturated rings. The van der Waals surface area contributed by atoms with Gasteiger partial charge in [0, 0.05) is 6.04 Å². The minimum absolute atomic E-state index is 0.139. The van der Waals surface area contributed by atoms with Gasteiger partial charge in [-0.05, 0) is 40.9 Å². The van der Waals surface area contributed by atoms with E-state index in [9.17, 15) is 9.59 Å². The van der Waals surface area contributed by atoms with E-state index >= 15 is 0 Å². The Hall–Kier alpha value is -1.67. The monoisotopic (exact) mass is 342 g/mol. The molecule has 0 atom stereocenters. The second kappa shape index (κ2) is 6.67. The number of halogens is 1. The zero-order valence-corrected chi connectivity index (χ0v) is 12.2. The molecule has 0 aromatic carbocycles. The third-order valence-corrected chi connectivity index (χ3v) is 3.35. The second-order valence-corrected chi connectivity index (χ2v) is 5.31. The minimum atomic E-state index is -0.757. The van der Waals surface area contributed by atoms with E-state index in [1.165, 1.54) is 0 Å². The molecule has 1 saturated carbocycles. The molecule has 8 heteroatoms. The van der Waals surface area contributed by atoms with Crippen molar-refractivity contribution in [2.24, 2.45) is 5.73 Å². The largest absolute Gasteiger partial charge is 0.446 e. The van der Waals surface area contributed by atoms with Crippen LogP contribution in [0.4, 0.5) is 10.6 Å². The van der Waals surface area contributed by atoms with Crippen LogP contribution in [0.3, 0.4) is 0 Å². The Kier molecular flexibility index (Phi) is 4.91. The Morgan fingerprint density at radius 1 is 1.45 bits per heavy atom. The van der Waals surface area contributed by atoms with Gasteiger partial charge in [-0.3, -0.25) is 4.79 Å². The average Bonchev–Trinajstić information content (AvgIpc) is 2.31. The lowest BCUT2D eigenvalue weighted by atomic mass is 9.89. The summed E-state index contributed by atoms with van der Waals surface area (Å²) in [6.07, 6.45) is 0.447. The van der Waals surface area contributed by atoms with E-state index in [4.69, 9.17) is 10.5 Å². The van der Waals surface area contributed by atoms with Crippen LogP contribution in [0.2, 0.25) is 0 Å². The Bertz CT molecular complexity index is 505. The first-order valence-corrected chi connectivity index (χ1v) is 6.94. The van der Waals surface area contributed by atoms with Gasteiger partial charge in [-0.1, -0.05) is 6.07 Å². The van der Waals surface area contributed by atoms with Crippen molar-refractivity contribution in [2.45, 2.75) is 25.0 Å². The molecule has 1 heterocycles. The van der Waals surface area contributed by atoms with E-state index in [-0.39, 0.29) is 24.6 Å². The summed E-state index contributed by atoms with van der Waals surface area (Å²) in [5, 5.41) is 5.76. The summed E-state index contributed by atoms with van der Waals surface area (Å²) in [5.41, 5.74) is 4.91. The lowest BCUT2D eigenvalue weighted by Crippen LogP contribution is -2.48. The van der Waals surface area contributed by atoms with Crippen LogP contribution < -0.4 is 16.4 Å². The highest BCUT2D eigenvalue weighted by molar-refractivity contribution is 9.10. The van der Waals surface area contributed by atoms with Crippen molar-refractivity contribution in [3.05, 3.63) is 22.8 Å². The van der Waals surface area contributed by atoms with Crippen molar-refractivity contribution < 1.29 is 14.3 Å². The summed E-state index contributed by atoms with van der Waals surface area (Å²) < 4.78 is 5.48. The maximum atomic E-state index is 11.7. The van der Waals surface area contributed by atoms with Crippen LogP contribution in [0.15, 0.2) is 22.8 Å². The average molecular weight is 343 g/mol. The normalized spacial score (nSPS) is 20.9.